The van der Waals surface area contributed by atoms with Crippen molar-refractivity contribution in [2.75, 3.05) is 0 Å². The van der Waals surface area contributed by atoms with Crippen LogP contribution in [0.2, 0.25) is 0 Å². The van der Waals surface area contributed by atoms with E-state index in [-0.39, 0.29) is 0 Å². The molecular weight excluding hydrogens is 647 g/mol. The Hall–Kier alpha value is -6.53. The molecule has 0 fully saturated rings. The maximum atomic E-state index is 9.49. The van der Waals surface area contributed by atoms with Crippen molar-refractivity contribution in [3.8, 4) is 72.8 Å². The Morgan fingerprint density at radius 3 is 1.71 bits per heavy atom. The Morgan fingerprint density at radius 1 is 0.404 bits per heavy atom. The van der Waals surface area contributed by atoms with Crippen molar-refractivity contribution < 1.29 is 0 Å². The molecule has 1 nitrogen and oxygen atoms in total. The molecule has 52 heavy (non-hydrogen) atoms. The third-order valence-corrected chi connectivity index (χ3v) is 11.8. The molecule has 1 aliphatic rings. The topological polar surface area (TPSA) is 23.8 Å². The molecule has 0 spiro atoms. The largest absolute Gasteiger partial charge is 0.192 e. The van der Waals surface area contributed by atoms with E-state index in [1.165, 1.54) is 75.8 Å². The highest BCUT2D eigenvalue weighted by Gasteiger charge is 2.21. The summed E-state index contributed by atoms with van der Waals surface area (Å²) in [5.74, 6) is 0. The van der Waals surface area contributed by atoms with Crippen molar-refractivity contribution in [1.82, 2.24) is 0 Å². The lowest BCUT2D eigenvalue weighted by Gasteiger charge is -2.14. The molecule has 1 heterocycles. The summed E-state index contributed by atoms with van der Waals surface area (Å²) in [7, 11) is 0. The Morgan fingerprint density at radius 2 is 0.942 bits per heavy atom. The molecule has 0 N–H and O–H groups in total. The number of benzene rings is 8. The summed E-state index contributed by atoms with van der Waals surface area (Å²) in [4.78, 5) is 0. The highest BCUT2D eigenvalue weighted by Crippen LogP contribution is 2.44. The van der Waals surface area contributed by atoms with E-state index in [0.29, 0.717) is 5.56 Å². The van der Waals surface area contributed by atoms with Crippen LogP contribution in [0.5, 0.6) is 0 Å². The number of fused-ring (bicyclic) bond motifs is 6. The molecule has 0 unspecified atom stereocenters. The first-order valence-corrected chi connectivity index (χ1v) is 18.5. The summed E-state index contributed by atoms with van der Waals surface area (Å²) < 4.78 is 2.63. The summed E-state index contributed by atoms with van der Waals surface area (Å²) in [6.07, 6.45) is 0.954. The van der Waals surface area contributed by atoms with E-state index in [4.69, 9.17) is 0 Å². The van der Waals surface area contributed by atoms with Gasteiger partial charge in [-0.15, -0.1) is 11.3 Å². The number of nitrogens with zero attached hydrogens (tertiary/aromatic N) is 1. The van der Waals surface area contributed by atoms with E-state index in [1.807, 2.05) is 23.5 Å². The third-order valence-electron chi connectivity index (χ3n) is 10.5. The molecule has 242 valence electrons. The summed E-state index contributed by atoms with van der Waals surface area (Å²) in [6.45, 7) is 0. The van der Waals surface area contributed by atoms with Gasteiger partial charge in [-0.25, -0.2) is 0 Å². The molecule has 1 aliphatic carbocycles. The molecule has 0 atom stereocenters. The number of nitriles is 1. The summed E-state index contributed by atoms with van der Waals surface area (Å²) in [5, 5.41) is 12.1. The van der Waals surface area contributed by atoms with Gasteiger partial charge < -0.3 is 0 Å². The van der Waals surface area contributed by atoms with Gasteiger partial charge in [-0.2, -0.15) is 5.26 Å². The summed E-state index contributed by atoms with van der Waals surface area (Å²) in [6, 6.07) is 65.9. The fourth-order valence-corrected chi connectivity index (χ4v) is 9.24. The predicted molar refractivity (Wildman–Crippen MR) is 219 cm³/mol. The van der Waals surface area contributed by atoms with Crippen LogP contribution in [0.4, 0.5) is 0 Å². The minimum absolute atomic E-state index is 0.661. The molecule has 10 rings (SSSR count). The van der Waals surface area contributed by atoms with Crippen LogP contribution in [0.25, 0.3) is 86.9 Å². The highest BCUT2D eigenvalue weighted by atomic mass is 32.1. The minimum atomic E-state index is 0.661. The zero-order chi connectivity index (χ0) is 34.6. The second-order valence-corrected chi connectivity index (χ2v) is 14.6. The Bertz CT molecular complexity index is 2880. The smallest absolute Gasteiger partial charge is 0.0991 e. The third kappa shape index (κ3) is 5.14. The normalized spacial score (nSPS) is 11.8. The molecule has 1 aromatic heterocycles. The average Bonchev–Trinajstić information content (AvgIpc) is 3.80. The van der Waals surface area contributed by atoms with Crippen LogP contribution in [-0.4, -0.2) is 0 Å². The van der Waals surface area contributed by atoms with Gasteiger partial charge in [0.05, 0.1) is 11.6 Å². The second kappa shape index (κ2) is 12.4. The quantitative estimate of drug-likeness (QED) is 0.178. The van der Waals surface area contributed by atoms with Crippen molar-refractivity contribution in [3.63, 3.8) is 0 Å². The molecule has 2 heteroatoms. The summed E-state index contributed by atoms with van der Waals surface area (Å²) >= 11 is 1.87. The molecule has 0 saturated heterocycles. The first-order valence-electron chi connectivity index (χ1n) is 17.7. The van der Waals surface area contributed by atoms with E-state index in [0.717, 1.165) is 28.7 Å². The molecule has 9 aromatic rings. The maximum absolute atomic E-state index is 9.49. The predicted octanol–water partition coefficient (Wildman–Crippen LogP) is 13.8. The van der Waals surface area contributed by atoms with Crippen LogP contribution in [0.3, 0.4) is 0 Å². The molecule has 0 saturated carbocycles. The molecule has 0 bridgehead atoms. The van der Waals surface area contributed by atoms with Crippen LogP contribution >= 0.6 is 11.3 Å². The number of rotatable bonds is 5. The van der Waals surface area contributed by atoms with Gasteiger partial charge in [0.1, 0.15) is 0 Å². The average molecular weight is 678 g/mol. The monoisotopic (exact) mass is 677 g/mol. The van der Waals surface area contributed by atoms with Gasteiger partial charge >= 0.3 is 0 Å². The molecule has 0 radical (unpaired) electrons. The van der Waals surface area contributed by atoms with E-state index in [1.54, 1.807) is 0 Å². The zero-order valence-corrected chi connectivity index (χ0v) is 29.1. The van der Waals surface area contributed by atoms with Crippen molar-refractivity contribution in [2.24, 2.45) is 0 Å². The minimum Gasteiger partial charge on any atom is -0.192 e. The lowest BCUT2D eigenvalue weighted by molar-refractivity contribution is 1.26. The van der Waals surface area contributed by atoms with E-state index in [9.17, 15) is 5.26 Å². The molecule has 8 aromatic carbocycles. The van der Waals surface area contributed by atoms with Crippen molar-refractivity contribution in [2.45, 2.75) is 6.42 Å². The number of thiophene rings is 1. The van der Waals surface area contributed by atoms with Gasteiger partial charge in [-0.1, -0.05) is 127 Å². The molecule has 0 aliphatic heterocycles. The van der Waals surface area contributed by atoms with Crippen LogP contribution in [0, 0.1) is 11.3 Å². The van der Waals surface area contributed by atoms with E-state index < -0.39 is 0 Å². The van der Waals surface area contributed by atoms with Gasteiger partial charge in [0.2, 0.25) is 0 Å². The number of hydrogen-bond acceptors (Lipinski definition) is 2. The van der Waals surface area contributed by atoms with Gasteiger partial charge in [-0.05, 0) is 133 Å². The van der Waals surface area contributed by atoms with Crippen LogP contribution in [-0.2, 0) is 6.42 Å². The van der Waals surface area contributed by atoms with Crippen LogP contribution in [0.15, 0.2) is 176 Å². The first kappa shape index (κ1) is 30.3. The maximum Gasteiger partial charge on any atom is 0.0991 e. The fourth-order valence-electron chi connectivity index (χ4n) is 8.00. The zero-order valence-electron chi connectivity index (χ0n) is 28.3. The summed E-state index contributed by atoms with van der Waals surface area (Å²) in [5.41, 5.74) is 18.0. The Labute approximate surface area is 307 Å². The lowest BCUT2D eigenvalue weighted by Crippen LogP contribution is -1.90. The van der Waals surface area contributed by atoms with Crippen molar-refractivity contribution in [3.05, 3.63) is 193 Å². The van der Waals surface area contributed by atoms with Crippen LogP contribution in [0.1, 0.15) is 16.7 Å². The molecular formula is C50H31NS. The van der Waals surface area contributed by atoms with Gasteiger partial charge in [0.25, 0.3) is 0 Å². The van der Waals surface area contributed by atoms with Gasteiger partial charge in [0, 0.05) is 20.2 Å². The Kier molecular flexibility index (Phi) is 7.20. The van der Waals surface area contributed by atoms with Gasteiger partial charge in [0.15, 0.2) is 0 Å². The SMILES string of the molecule is N#Cc1ccc(-c2cc(-c3cccc(-c4cccc5c4Cc4ccccc4-5)c3)cc(-c3cccc(-c4cccc5c4sc4ccccc45)c3)c2)cc1. The number of hydrogen-bond donors (Lipinski definition) is 0. The van der Waals surface area contributed by atoms with Crippen LogP contribution < -0.4 is 0 Å². The lowest BCUT2D eigenvalue weighted by atomic mass is 9.90. The highest BCUT2D eigenvalue weighted by molar-refractivity contribution is 7.26. The molecule has 0 amide bonds. The Balaban J connectivity index is 1.10. The van der Waals surface area contributed by atoms with Crippen molar-refractivity contribution >= 4 is 31.5 Å². The van der Waals surface area contributed by atoms with Crippen molar-refractivity contribution in [1.29, 1.82) is 5.26 Å². The van der Waals surface area contributed by atoms with Gasteiger partial charge in [-0.3, -0.25) is 0 Å². The fraction of sp³-hybridized carbons (Fsp3) is 0.0200. The standard InChI is InChI=1S/C50H31NS/c51-31-32-21-23-33(24-22-32)39-27-40(34-10-5-12-36(25-34)43-16-7-18-45-42-14-2-1-9-38(42)30-48(43)45)29-41(28-39)35-11-6-13-37(26-35)44-17-8-19-47-46-15-3-4-20-49(46)52-50(44)47/h1-29H,30H2. The van der Waals surface area contributed by atoms with E-state index in [2.05, 4.69) is 170 Å². The van der Waals surface area contributed by atoms with E-state index >= 15 is 0 Å². The second-order valence-electron chi connectivity index (χ2n) is 13.6. The first-order chi connectivity index (χ1) is 25.7.